The van der Waals surface area contributed by atoms with Gasteiger partial charge < -0.3 is 15.7 Å². The van der Waals surface area contributed by atoms with Gasteiger partial charge in [-0.2, -0.15) is 0 Å². The summed E-state index contributed by atoms with van der Waals surface area (Å²) in [4.78, 5) is 9.15. The molecule has 0 aromatic carbocycles. The summed E-state index contributed by atoms with van der Waals surface area (Å²) in [5.41, 5.74) is 1.02. The van der Waals surface area contributed by atoms with Crippen LogP contribution in [0.4, 0.5) is 11.6 Å². The topological polar surface area (TPSA) is 70.1 Å². The molecular formula is C15H26N4O. The first kappa shape index (κ1) is 15.0. The van der Waals surface area contributed by atoms with Crippen LogP contribution in [0, 0.1) is 12.8 Å². The van der Waals surface area contributed by atoms with Gasteiger partial charge in [-0.15, -0.1) is 0 Å². The summed E-state index contributed by atoms with van der Waals surface area (Å²) < 4.78 is 0. The summed E-state index contributed by atoms with van der Waals surface area (Å²) in [7, 11) is 0. The van der Waals surface area contributed by atoms with E-state index in [1.54, 1.807) is 0 Å². The van der Waals surface area contributed by atoms with E-state index in [-0.39, 0.29) is 6.10 Å². The zero-order valence-electron chi connectivity index (χ0n) is 12.7. The van der Waals surface area contributed by atoms with Crippen LogP contribution in [0.5, 0.6) is 0 Å². The van der Waals surface area contributed by atoms with E-state index in [4.69, 9.17) is 0 Å². The van der Waals surface area contributed by atoms with Crippen LogP contribution < -0.4 is 10.6 Å². The van der Waals surface area contributed by atoms with Crippen molar-refractivity contribution in [3.8, 4) is 0 Å². The molecule has 1 aromatic rings. The van der Waals surface area contributed by atoms with E-state index in [0.29, 0.717) is 12.5 Å². The van der Waals surface area contributed by atoms with Crippen molar-refractivity contribution in [1.82, 2.24) is 9.97 Å². The van der Waals surface area contributed by atoms with Crippen LogP contribution in [0.2, 0.25) is 0 Å². The Balaban J connectivity index is 2.11. The number of nitrogens with zero attached hydrogens (tertiary/aromatic N) is 2. The van der Waals surface area contributed by atoms with Crippen molar-refractivity contribution >= 4 is 11.6 Å². The van der Waals surface area contributed by atoms with Gasteiger partial charge in [0.1, 0.15) is 17.5 Å². The Labute approximate surface area is 121 Å². The molecule has 1 aromatic heterocycles. The number of anilines is 2. The first-order chi connectivity index (χ1) is 9.65. The van der Waals surface area contributed by atoms with Crippen molar-refractivity contribution in [3.05, 3.63) is 11.4 Å². The molecule has 1 atom stereocenters. The molecule has 112 valence electrons. The number of hydrogen-bond acceptors (Lipinski definition) is 5. The number of aliphatic hydroxyl groups is 1. The van der Waals surface area contributed by atoms with Crippen LogP contribution in [0.15, 0.2) is 0 Å². The van der Waals surface area contributed by atoms with E-state index in [0.717, 1.165) is 55.3 Å². The minimum absolute atomic E-state index is 0.262. The Hall–Kier alpha value is -1.36. The summed E-state index contributed by atoms with van der Waals surface area (Å²) in [5, 5.41) is 16.5. The SMILES string of the molecule is CCCc1nc(NCC)c(C)c(NCC(O)C2CC2)n1. The van der Waals surface area contributed by atoms with Crippen molar-refractivity contribution in [2.75, 3.05) is 23.7 Å². The highest BCUT2D eigenvalue weighted by molar-refractivity contribution is 5.57. The van der Waals surface area contributed by atoms with Gasteiger partial charge in [0.2, 0.25) is 0 Å². The number of aryl methyl sites for hydroxylation is 1. The quantitative estimate of drug-likeness (QED) is 0.681. The molecular weight excluding hydrogens is 252 g/mol. The van der Waals surface area contributed by atoms with E-state index in [1.165, 1.54) is 0 Å². The average Bonchev–Trinajstić information content (AvgIpc) is 3.25. The first-order valence-corrected chi connectivity index (χ1v) is 7.69. The van der Waals surface area contributed by atoms with Crippen LogP contribution in [-0.4, -0.2) is 34.3 Å². The summed E-state index contributed by atoms with van der Waals surface area (Å²) >= 11 is 0. The monoisotopic (exact) mass is 278 g/mol. The van der Waals surface area contributed by atoms with Crippen LogP contribution in [0.3, 0.4) is 0 Å². The van der Waals surface area contributed by atoms with Gasteiger partial charge in [-0.1, -0.05) is 6.92 Å². The highest BCUT2D eigenvalue weighted by Gasteiger charge is 2.29. The standard InChI is InChI=1S/C15H26N4O/c1-4-6-13-18-14(16-5-2)10(3)15(19-13)17-9-12(20)11-7-8-11/h11-12,20H,4-9H2,1-3H3,(H2,16,17,18,19). The lowest BCUT2D eigenvalue weighted by molar-refractivity contribution is 0.164. The van der Waals surface area contributed by atoms with Crippen LogP contribution in [0.25, 0.3) is 0 Å². The highest BCUT2D eigenvalue weighted by atomic mass is 16.3. The van der Waals surface area contributed by atoms with Gasteiger partial charge in [0.15, 0.2) is 0 Å². The number of aromatic nitrogens is 2. The Kier molecular flexibility index (Phi) is 5.17. The van der Waals surface area contributed by atoms with Crippen LogP contribution >= 0.6 is 0 Å². The largest absolute Gasteiger partial charge is 0.391 e. The second-order valence-electron chi connectivity index (χ2n) is 5.53. The van der Waals surface area contributed by atoms with Crippen molar-refractivity contribution < 1.29 is 5.11 Å². The number of rotatable bonds is 8. The second-order valence-corrected chi connectivity index (χ2v) is 5.53. The lowest BCUT2D eigenvalue weighted by atomic mass is 10.2. The molecule has 0 aliphatic heterocycles. The molecule has 1 unspecified atom stereocenters. The third kappa shape index (κ3) is 3.82. The van der Waals surface area contributed by atoms with E-state index < -0.39 is 0 Å². The summed E-state index contributed by atoms with van der Waals surface area (Å²) in [6.45, 7) is 7.61. The highest BCUT2D eigenvalue weighted by Crippen LogP contribution is 2.32. The maximum absolute atomic E-state index is 9.96. The third-order valence-electron chi connectivity index (χ3n) is 3.65. The van der Waals surface area contributed by atoms with Gasteiger partial charge in [-0.05, 0) is 39.0 Å². The van der Waals surface area contributed by atoms with E-state index in [1.807, 2.05) is 6.92 Å². The molecule has 5 nitrogen and oxygen atoms in total. The predicted octanol–water partition coefficient (Wildman–Crippen LogP) is 2.35. The van der Waals surface area contributed by atoms with Crippen LogP contribution in [-0.2, 0) is 6.42 Å². The predicted molar refractivity (Wildman–Crippen MR) is 82.1 cm³/mol. The number of aliphatic hydroxyl groups excluding tert-OH is 1. The molecule has 1 aliphatic carbocycles. The number of nitrogens with one attached hydrogen (secondary N) is 2. The Bertz CT molecular complexity index is 446. The van der Waals surface area contributed by atoms with Gasteiger partial charge in [0.05, 0.1) is 6.10 Å². The fourth-order valence-electron chi connectivity index (χ4n) is 2.26. The van der Waals surface area contributed by atoms with Gasteiger partial charge in [-0.3, -0.25) is 0 Å². The molecule has 0 spiro atoms. The first-order valence-electron chi connectivity index (χ1n) is 7.69. The summed E-state index contributed by atoms with van der Waals surface area (Å²) in [6, 6.07) is 0. The molecule has 1 heterocycles. The molecule has 0 saturated heterocycles. The van der Waals surface area contributed by atoms with Crippen molar-refractivity contribution in [2.45, 2.75) is 52.6 Å². The Morgan fingerprint density at radius 2 is 1.85 bits per heavy atom. The molecule has 3 N–H and O–H groups in total. The fraction of sp³-hybridized carbons (Fsp3) is 0.733. The second kappa shape index (κ2) is 6.88. The van der Waals surface area contributed by atoms with Crippen molar-refractivity contribution in [1.29, 1.82) is 0 Å². The maximum Gasteiger partial charge on any atom is 0.134 e. The molecule has 0 radical (unpaired) electrons. The minimum atomic E-state index is -0.262. The summed E-state index contributed by atoms with van der Waals surface area (Å²) in [5.74, 6) is 3.08. The molecule has 1 aliphatic rings. The molecule has 20 heavy (non-hydrogen) atoms. The molecule has 1 saturated carbocycles. The fourth-order valence-corrected chi connectivity index (χ4v) is 2.26. The van der Waals surface area contributed by atoms with Crippen molar-refractivity contribution in [3.63, 3.8) is 0 Å². The molecule has 5 heteroatoms. The molecule has 0 bridgehead atoms. The van der Waals surface area contributed by atoms with E-state index in [9.17, 15) is 5.11 Å². The lowest BCUT2D eigenvalue weighted by Crippen LogP contribution is -2.23. The third-order valence-corrected chi connectivity index (χ3v) is 3.65. The maximum atomic E-state index is 9.96. The van der Waals surface area contributed by atoms with Crippen molar-refractivity contribution in [2.24, 2.45) is 5.92 Å². The van der Waals surface area contributed by atoms with E-state index >= 15 is 0 Å². The van der Waals surface area contributed by atoms with Crippen LogP contribution in [0.1, 0.15) is 44.5 Å². The zero-order chi connectivity index (χ0) is 14.5. The van der Waals surface area contributed by atoms with E-state index in [2.05, 4.69) is 34.4 Å². The van der Waals surface area contributed by atoms with Gasteiger partial charge in [0.25, 0.3) is 0 Å². The minimum Gasteiger partial charge on any atom is -0.391 e. The molecule has 2 rings (SSSR count). The van der Waals surface area contributed by atoms with Gasteiger partial charge >= 0.3 is 0 Å². The smallest absolute Gasteiger partial charge is 0.134 e. The molecule has 0 amide bonds. The van der Waals surface area contributed by atoms with Gasteiger partial charge in [-0.25, -0.2) is 9.97 Å². The Morgan fingerprint density at radius 3 is 2.40 bits per heavy atom. The zero-order valence-corrected chi connectivity index (χ0v) is 12.7. The number of hydrogen-bond donors (Lipinski definition) is 3. The lowest BCUT2D eigenvalue weighted by Gasteiger charge is -2.16. The summed E-state index contributed by atoms with van der Waals surface area (Å²) in [6.07, 6.45) is 3.93. The normalized spacial score (nSPS) is 16.0. The molecule has 1 fully saturated rings. The Morgan fingerprint density at radius 1 is 1.20 bits per heavy atom. The van der Waals surface area contributed by atoms with Gasteiger partial charge in [0, 0.05) is 25.1 Å². The average molecular weight is 278 g/mol.